The zero-order valence-electron chi connectivity index (χ0n) is 7.58. The number of halogens is 2. The Morgan fingerprint density at radius 1 is 1.00 bits per heavy atom. The maximum Gasteiger partial charge on any atom is 0.126 e. The summed E-state index contributed by atoms with van der Waals surface area (Å²) in [5.41, 5.74) is 0.697. The summed E-state index contributed by atoms with van der Waals surface area (Å²) in [5, 5.41) is 0. The molecule has 0 saturated heterocycles. The van der Waals surface area contributed by atoms with E-state index in [1.54, 1.807) is 0 Å². The summed E-state index contributed by atoms with van der Waals surface area (Å²) in [4.78, 5) is 0. The van der Waals surface area contributed by atoms with Crippen molar-refractivity contribution < 1.29 is 8.78 Å². The Kier molecular flexibility index (Phi) is 2.44. The Hall–Kier alpha value is -1.44. The van der Waals surface area contributed by atoms with E-state index in [0.717, 1.165) is 12.5 Å². The van der Waals surface area contributed by atoms with Crippen LogP contribution in [0.25, 0.3) is 0 Å². The lowest BCUT2D eigenvalue weighted by molar-refractivity contribution is 0.577. The van der Waals surface area contributed by atoms with Crippen LogP contribution >= 0.6 is 0 Å². The van der Waals surface area contributed by atoms with E-state index >= 15 is 0 Å². The normalized spacial score (nSPS) is 20.0. The first kappa shape index (κ1) is 9.13. The lowest BCUT2D eigenvalue weighted by Crippen LogP contribution is -1.97. The minimum absolute atomic E-state index is 0.102. The summed E-state index contributed by atoms with van der Waals surface area (Å²) in [5.74, 6) is -0.920. The van der Waals surface area contributed by atoms with Crippen molar-refractivity contribution in [3.63, 3.8) is 0 Å². The SMILES string of the molecule is Fc1cc(F)cc(C2C=CC=CC2)c1. The molecule has 1 unspecified atom stereocenters. The fraction of sp³-hybridized carbons (Fsp3) is 0.167. The number of benzene rings is 1. The summed E-state index contributed by atoms with van der Waals surface area (Å²) in [7, 11) is 0. The molecular weight excluding hydrogens is 182 g/mol. The molecule has 2 rings (SSSR count). The number of allylic oxidation sites excluding steroid dienone is 4. The van der Waals surface area contributed by atoms with Gasteiger partial charge in [-0.05, 0) is 24.1 Å². The van der Waals surface area contributed by atoms with E-state index in [-0.39, 0.29) is 5.92 Å². The van der Waals surface area contributed by atoms with Gasteiger partial charge < -0.3 is 0 Å². The van der Waals surface area contributed by atoms with Gasteiger partial charge in [0.1, 0.15) is 11.6 Å². The highest BCUT2D eigenvalue weighted by Crippen LogP contribution is 2.25. The van der Waals surface area contributed by atoms with Gasteiger partial charge in [0.15, 0.2) is 0 Å². The van der Waals surface area contributed by atoms with Crippen molar-refractivity contribution in [2.45, 2.75) is 12.3 Å². The molecule has 72 valence electrons. The van der Waals surface area contributed by atoms with Crippen molar-refractivity contribution in [1.82, 2.24) is 0 Å². The molecule has 1 aliphatic rings. The van der Waals surface area contributed by atoms with Crippen LogP contribution < -0.4 is 0 Å². The zero-order chi connectivity index (χ0) is 9.97. The lowest BCUT2D eigenvalue weighted by atomic mass is 9.92. The van der Waals surface area contributed by atoms with E-state index in [1.165, 1.54) is 12.1 Å². The second-order valence-corrected chi connectivity index (χ2v) is 3.36. The molecule has 0 N–H and O–H groups in total. The quantitative estimate of drug-likeness (QED) is 0.638. The fourth-order valence-corrected chi connectivity index (χ4v) is 1.62. The minimum atomic E-state index is -0.511. The molecule has 0 aromatic heterocycles. The molecule has 0 heterocycles. The van der Waals surface area contributed by atoms with Crippen LogP contribution in [0.4, 0.5) is 8.78 Å². The van der Waals surface area contributed by atoms with Gasteiger partial charge in [0.2, 0.25) is 0 Å². The van der Waals surface area contributed by atoms with Crippen molar-refractivity contribution in [2.75, 3.05) is 0 Å². The number of rotatable bonds is 1. The van der Waals surface area contributed by atoms with Gasteiger partial charge in [-0.1, -0.05) is 24.3 Å². The first-order valence-corrected chi connectivity index (χ1v) is 4.55. The first-order chi connectivity index (χ1) is 6.75. The average molecular weight is 192 g/mol. The highest BCUT2D eigenvalue weighted by Gasteiger charge is 2.10. The summed E-state index contributed by atoms with van der Waals surface area (Å²) in [6.45, 7) is 0. The van der Waals surface area contributed by atoms with Crippen molar-refractivity contribution in [3.8, 4) is 0 Å². The van der Waals surface area contributed by atoms with Crippen LogP contribution in [0.2, 0.25) is 0 Å². The second-order valence-electron chi connectivity index (χ2n) is 3.36. The Morgan fingerprint density at radius 2 is 1.71 bits per heavy atom. The predicted octanol–water partition coefficient (Wildman–Crippen LogP) is 3.56. The highest BCUT2D eigenvalue weighted by atomic mass is 19.1. The van der Waals surface area contributed by atoms with E-state index in [2.05, 4.69) is 0 Å². The van der Waals surface area contributed by atoms with Crippen LogP contribution in [0.5, 0.6) is 0 Å². The molecule has 1 aromatic carbocycles. The Bertz CT molecular complexity index is 371. The van der Waals surface area contributed by atoms with Crippen molar-refractivity contribution in [3.05, 3.63) is 59.7 Å². The molecule has 0 bridgehead atoms. The first-order valence-electron chi connectivity index (χ1n) is 4.55. The van der Waals surface area contributed by atoms with Crippen LogP contribution in [0.1, 0.15) is 17.9 Å². The molecule has 0 saturated carbocycles. The molecule has 1 atom stereocenters. The Labute approximate surface area is 81.6 Å². The monoisotopic (exact) mass is 192 g/mol. The zero-order valence-corrected chi connectivity index (χ0v) is 7.58. The fourth-order valence-electron chi connectivity index (χ4n) is 1.62. The van der Waals surface area contributed by atoms with Gasteiger partial charge in [-0.2, -0.15) is 0 Å². The highest BCUT2D eigenvalue weighted by molar-refractivity contribution is 5.29. The molecule has 1 aromatic rings. The van der Waals surface area contributed by atoms with Crippen LogP contribution in [-0.4, -0.2) is 0 Å². The summed E-state index contributed by atoms with van der Waals surface area (Å²) < 4.78 is 25.8. The molecule has 0 radical (unpaired) electrons. The maximum absolute atomic E-state index is 12.9. The van der Waals surface area contributed by atoms with Crippen LogP contribution in [0, 0.1) is 11.6 Å². The van der Waals surface area contributed by atoms with Gasteiger partial charge in [-0.3, -0.25) is 0 Å². The third kappa shape index (κ3) is 1.90. The summed E-state index contributed by atoms with van der Waals surface area (Å²) in [6.07, 6.45) is 8.59. The lowest BCUT2D eigenvalue weighted by Gasteiger charge is -2.13. The van der Waals surface area contributed by atoms with E-state index in [9.17, 15) is 8.78 Å². The van der Waals surface area contributed by atoms with E-state index in [0.29, 0.717) is 5.56 Å². The van der Waals surface area contributed by atoms with Gasteiger partial charge in [-0.15, -0.1) is 0 Å². The molecule has 14 heavy (non-hydrogen) atoms. The van der Waals surface area contributed by atoms with E-state index in [4.69, 9.17) is 0 Å². The van der Waals surface area contributed by atoms with E-state index in [1.807, 2.05) is 24.3 Å². The molecule has 0 nitrogen and oxygen atoms in total. The molecule has 0 aliphatic heterocycles. The third-order valence-corrected chi connectivity index (χ3v) is 2.29. The molecule has 0 spiro atoms. The molecular formula is C12H10F2. The van der Waals surface area contributed by atoms with Gasteiger partial charge in [-0.25, -0.2) is 8.78 Å². The summed E-state index contributed by atoms with van der Waals surface area (Å²) in [6, 6.07) is 3.67. The number of hydrogen-bond donors (Lipinski definition) is 0. The van der Waals surface area contributed by atoms with Gasteiger partial charge in [0, 0.05) is 12.0 Å². The smallest absolute Gasteiger partial charge is 0.126 e. The molecule has 1 aliphatic carbocycles. The molecule has 2 heteroatoms. The largest absolute Gasteiger partial charge is 0.207 e. The van der Waals surface area contributed by atoms with Crippen molar-refractivity contribution in [2.24, 2.45) is 0 Å². The predicted molar refractivity (Wildman–Crippen MR) is 52.0 cm³/mol. The van der Waals surface area contributed by atoms with Crippen LogP contribution in [0.3, 0.4) is 0 Å². The maximum atomic E-state index is 12.9. The van der Waals surface area contributed by atoms with Crippen LogP contribution in [-0.2, 0) is 0 Å². The van der Waals surface area contributed by atoms with Gasteiger partial charge in [0.25, 0.3) is 0 Å². The number of hydrogen-bond acceptors (Lipinski definition) is 0. The Balaban J connectivity index is 2.32. The van der Waals surface area contributed by atoms with Crippen molar-refractivity contribution in [1.29, 1.82) is 0 Å². The van der Waals surface area contributed by atoms with Crippen molar-refractivity contribution >= 4 is 0 Å². The Morgan fingerprint density at radius 3 is 2.29 bits per heavy atom. The standard InChI is InChI=1S/C12H10F2/c13-11-6-10(7-12(14)8-11)9-4-2-1-3-5-9/h1-4,6-9H,5H2. The van der Waals surface area contributed by atoms with Gasteiger partial charge >= 0.3 is 0 Å². The second kappa shape index (κ2) is 3.74. The average Bonchev–Trinajstić information content (AvgIpc) is 2.18. The van der Waals surface area contributed by atoms with Crippen LogP contribution in [0.15, 0.2) is 42.5 Å². The van der Waals surface area contributed by atoms with Gasteiger partial charge in [0.05, 0.1) is 0 Å². The third-order valence-electron chi connectivity index (χ3n) is 2.29. The topological polar surface area (TPSA) is 0 Å². The molecule has 0 fully saturated rings. The summed E-state index contributed by atoms with van der Waals surface area (Å²) >= 11 is 0. The minimum Gasteiger partial charge on any atom is -0.207 e. The molecule has 0 amide bonds. The van der Waals surface area contributed by atoms with E-state index < -0.39 is 11.6 Å².